The summed E-state index contributed by atoms with van der Waals surface area (Å²) in [6.45, 7) is 4.30. The van der Waals surface area contributed by atoms with Crippen LogP contribution >= 0.6 is 23.2 Å². The van der Waals surface area contributed by atoms with Crippen LogP contribution in [-0.2, 0) is 18.6 Å². The molecule has 0 saturated heterocycles. The van der Waals surface area contributed by atoms with Gasteiger partial charge in [0, 0.05) is 5.41 Å². The minimum absolute atomic E-state index is 0.0724. The Morgan fingerprint density at radius 1 is 1.00 bits per heavy atom. The van der Waals surface area contributed by atoms with Crippen LogP contribution in [0.2, 0.25) is 5.02 Å². The number of ether oxygens (including phenoxy) is 2. The molecule has 8 nitrogen and oxygen atoms in total. The van der Waals surface area contributed by atoms with Crippen LogP contribution in [0.15, 0.2) is 48.7 Å². The number of nitrogens with zero attached hydrogens (tertiary/aromatic N) is 3. The third-order valence-corrected chi connectivity index (χ3v) is 6.18. The molecule has 10 heteroatoms. The summed E-state index contributed by atoms with van der Waals surface area (Å²) >= 11 is 12.0. The third-order valence-electron chi connectivity index (χ3n) is 5.52. The Kier molecular flexibility index (Phi) is 9.16. The van der Waals surface area contributed by atoms with Crippen molar-refractivity contribution in [2.75, 3.05) is 19.1 Å². The van der Waals surface area contributed by atoms with Crippen LogP contribution < -0.4 is 9.47 Å². The fraction of sp³-hybridized carbons (Fsp3) is 0.417. The van der Waals surface area contributed by atoms with Gasteiger partial charge in [0.2, 0.25) is 0 Å². The van der Waals surface area contributed by atoms with E-state index in [2.05, 4.69) is 24.2 Å². The van der Waals surface area contributed by atoms with Crippen molar-refractivity contribution in [3.05, 3.63) is 70.5 Å². The SMILES string of the molecule is CC(C)(c1ccc(OC[C@H](O)Cn2nncc2CO)cc1)c1ccc(OC[C@H](O)CCl)c(Cl)c1. The summed E-state index contributed by atoms with van der Waals surface area (Å²) in [5, 5.41) is 37.1. The first-order valence-corrected chi connectivity index (χ1v) is 11.7. The number of halogens is 2. The molecular formula is C24H29Cl2N3O5. The van der Waals surface area contributed by atoms with Crippen molar-refractivity contribution in [1.82, 2.24) is 15.0 Å². The van der Waals surface area contributed by atoms with E-state index in [0.29, 0.717) is 22.2 Å². The smallest absolute Gasteiger partial charge is 0.138 e. The highest BCUT2D eigenvalue weighted by Gasteiger charge is 2.24. The van der Waals surface area contributed by atoms with Gasteiger partial charge in [-0.1, -0.05) is 48.9 Å². The first kappa shape index (κ1) is 26.2. The van der Waals surface area contributed by atoms with E-state index in [1.807, 2.05) is 36.4 Å². The molecule has 0 fully saturated rings. The number of benzene rings is 2. The number of rotatable bonds is 12. The fourth-order valence-electron chi connectivity index (χ4n) is 3.37. The summed E-state index contributed by atoms with van der Waals surface area (Å²) in [4.78, 5) is 0. The molecule has 0 aliphatic carbocycles. The highest BCUT2D eigenvalue weighted by molar-refractivity contribution is 6.32. The molecule has 3 aromatic rings. The van der Waals surface area contributed by atoms with Crippen LogP contribution in [0.1, 0.15) is 30.7 Å². The minimum Gasteiger partial charge on any atom is -0.491 e. The lowest BCUT2D eigenvalue weighted by atomic mass is 9.78. The molecule has 0 saturated carbocycles. The van der Waals surface area contributed by atoms with E-state index < -0.39 is 12.2 Å². The number of hydrogen-bond donors (Lipinski definition) is 3. The normalized spacial score (nSPS) is 13.5. The molecular weight excluding hydrogens is 481 g/mol. The Labute approximate surface area is 208 Å². The lowest BCUT2D eigenvalue weighted by molar-refractivity contribution is 0.0866. The molecule has 0 amide bonds. The van der Waals surface area contributed by atoms with Crippen LogP contribution in [-0.4, -0.2) is 61.6 Å². The van der Waals surface area contributed by atoms with E-state index >= 15 is 0 Å². The van der Waals surface area contributed by atoms with Gasteiger partial charge in [0.15, 0.2) is 0 Å². The molecule has 34 heavy (non-hydrogen) atoms. The monoisotopic (exact) mass is 509 g/mol. The summed E-state index contributed by atoms with van der Waals surface area (Å²) in [5.41, 5.74) is 2.24. The number of alkyl halides is 1. The lowest BCUT2D eigenvalue weighted by Gasteiger charge is -2.27. The second kappa shape index (κ2) is 11.9. The molecule has 0 radical (unpaired) electrons. The number of aliphatic hydroxyl groups is 3. The Hall–Kier alpha value is -2.36. The van der Waals surface area contributed by atoms with Crippen LogP contribution in [0.5, 0.6) is 11.5 Å². The van der Waals surface area contributed by atoms with E-state index in [9.17, 15) is 15.3 Å². The van der Waals surface area contributed by atoms with Gasteiger partial charge in [-0.15, -0.1) is 16.7 Å². The Bertz CT molecular complexity index is 1060. The fourth-order valence-corrected chi connectivity index (χ4v) is 3.70. The standard InChI is InChI=1S/C24H29Cl2N3O5/c1-24(2,17-5-8-23(22(26)9-17)34-14-19(31)10-25)16-3-6-21(7-4-16)33-15-20(32)12-29-18(13-30)11-27-28-29/h3-9,11,19-20,30-32H,10,12-15H2,1-2H3/t19-,20-/m1/s1. The summed E-state index contributed by atoms with van der Waals surface area (Å²) in [6.07, 6.45) is -0.110. The van der Waals surface area contributed by atoms with Crippen molar-refractivity contribution in [2.45, 2.75) is 44.6 Å². The number of aromatic nitrogens is 3. The zero-order valence-corrected chi connectivity index (χ0v) is 20.6. The van der Waals surface area contributed by atoms with Gasteiger partial charge >= 0.3 is 0 Å². The molecule has 1 aromatic heterocycles. The maximum Gasteiger partial charge on any atom is 0.138 e. The molecule has 0 aliphatic rings. The van der Waals surface area contributed by atoms with Gasteiger partial charge in [-0.25, -0.2) is 4.68 Å². The van der Waals surface area contributed by atoms with E-state index in [4.69, 9.17) is 32.7 Å². The first-order valence-electron chi connectivity index (χ1n) is 10.8. The molecule has 3 N–H and O–H groups in total. The van der Waals surface area contributed by atoms with Crippen LogP contribution in [0, 0.1) is 0 Å². The molecule has 184 valence electrons. The third kappa shape index (κ3) is 6.61. The van der Waals surface area contributed by atoms with Gasteiger partial charge in [-0.2, -0.15) is 0 Å². The highest BCUT2D eigenvalue weighted by atomic mass is 35.5. The number of aliphatic hydroxyl groups excluding tert-OH is 3. The van der Waals surface area contributed by atoms with Crippen molar-refractivity contribution in [3.8, 4) is 11.5 Å². The van der Waals surface area contributed by atoms with Crippen molar-refractivity contribution in [1.29, 1.82) is 0 Å². The quantitative estimate of drug-likeness (QED) is 0.321. The van der Waals surface area contributed by atoms with Gasteiger partial charge in [-0.05, 0) is 35.4 Å². The van der Waals surface area contributed by atoms with Gasteiger partial charge in [0.05, 0.1) is 35.9 Å². The van der Waals surface area contributed by atoms with Crippen molar-refractivity contribution < 1.29 is 24.8 Å². The average Bonchev–Trinajstić information content (AvgIpc) is 3.28. The van der Waals surface area contributed by atoms with Crippen LogP contribution in [0.3, 0.4) is 0 Å². The molecule has 2 atom stereocenters. The molecule has 0 unspecified atom stereocenters. The predicted molar refractivity (Wildman–Crippen MR) is 130 cm³/mol. The Morgan fingerprint density at radius 3 is 2.32 bits per heavy atom. The van der Waals surface area contributed by atoms with Crippen molar-refractivity contribution in [2.24, 2.45) is 0 Å². The minimum atomic E-state index is -0.809. The van der Waals surface area contributed by atoms with Gasteiger partial charge in [0.1, 0.15) is 36.9 Å². The summed E-state index contributed by atoms with van der Waals surface area (Å²) in [7, 11) is 0. The molecule has 3 rings (SSSR count). The summed E-state index contributed by atoms with van der Waals surface area (Å²) in [6, 6.07) is 13.2. The molecule has 2 aromatic carbocycles. The number of hydrogen-bond acceptors (Lipinski definition) is 7. The molecule has 0 spiro atoms. The van der Waals surface area contributed by atoms with E-state index in [1.54, 1.807) is 6.07 Å². The average molecular weight is 510 g/mol. The Morgan fingerprint density at radius 2 is 1.68 bits per heavy atom. The first-order chi connectivity index (χ1) is 16.2. The molecule has 0 bridgehead atoms. The Balaban J connectivity index is 1.61. The maximum absolute atomic E-state index is 10.2. The van der Waals surface area contributed by atoms with E-state index in [0.717, 1.165) is 11.1 Å². The predicted octanol–water partition coefficient (Wildman–Crippen LogP) is 3.17. The van der Waals surface area contributed by atoms with Gasteiger partial charge in [0.25, 0.3) is 0 Å². The zero-order chi connectivity index (χ0) is 24.7. The molecule has 0 aliphatic heterocycles. The maximum atomic E-state index is 10.2. The summed E-state index contributed by atoms with van der Waals surface area (Å²) < 4.78 is 12.7. The summed E-state index contributed by atoms with van der Waals surface area (Å²) in [5.74, 6) is 1.21. The van der Waals surface area contributed by atoms with Gasteiger partial charge < -0.3 is 24.8 Å². The second-order valence-electron chi connectivity index (χ2n) is 8.44. The zero-order valence-electron chi connectivity index (χ0n) is 19.1. The van der Waals surface area contributed by atoms with Crippen LogP contribution in [0.4, 0.5) is 0 Å². The van der Waals surface area contributed by atoms with E-state index in [-0.39, 0.29) is 37.7 Å². The van der Waals surface area contributed by atoms with Gasteiger partial charge in [-0.3, -0.25) is 0 Å². The highest BCUT2D eigenvalue weighted by Crippen LogP contribution is 2.36. The van der Waals surface area contributed by atoms with Crippen molar-refractivity contribution >= 4 is 23.2 Å². The van der Waals surface area contributed by atoms with Crippen LogP contribution in [0.25, 0.3) is 0 Å². The largest absolute Gasteiger partial charge is 0.491 e. The van der Waals surface area contributed by atoms with E-state index in [1.165, 1.54) is 10.9 Å². The van der Waals surface area contributed by atoms with Crippen molar-refractivity contribution in [3.63, 3.8) is 0 Å². The topological polar surface area (TPSA) is 110 Å². The lowest BCUT2D eigenvalue weighted by Crippen LogP contribution is -2.25. The molecule has 1 heterocycles. The second-order valence-corrected chi connectivity index (χ2v) is 9.16.